The first kappa shape index (κ1) is 15.5. The molecule has 1 fully saturated rings. The molecule has 1 atom stereocenters. The van der Waals surface area contributed by atoms with E-state index >= 15 is 0 Å². The Morgan fingerprint density at radius 3 is 2.35 bits per heavy atom. The number of benzene rings is 1. The maximum absolute atomic E-state index is 5.84. The van der Waals surface area contributed by atoms with E-state index in [2.05, 4.69) is 45.0 Å². The molecule has 0 bridgehead atoms. The van der Waals surface area contributed by atoms with Crippen LogP contribution in [0.3, 0.4) is 0 Å². The Balaban J connectivity index is 2.03. The van der Waals surface area contributed by atoms with Crippen LogP contribution in [-0.4, -0.2) is 35.7 Å². The molecule has 0 radical (unpaired) electrons. The summed E-state index contributed by atoms with van der Waals surface area (Å²) >= 11 is 0. The third-order valence-electron chi connectivity index (χ3n) is 4.24. The average Bonchev–Trinajstić information content (AvgIpc) is 3.32. The number of hydrogen-bond acceptors (Lipinski definition) is 3. The van der Waals surface area contributed by atoms with E-state index in [4.69, 9.17) is 13.9 Å². The lowest BCUT2D eigenvalue weighted by Gasteiger charge is -2.31. The summed E-state index contributed by atoms with van der Waals surface area (Å²) in [6.07, 6.45) is 2.60. The average molecular weight is 294 g/mol. The highest BCUT2D eigenvalue weighted by Crippen LogP contribution is 2.32. The molecule has 1 aliphatic rings. The van der Waals surface area contributed by atoms with Gasteiger partial charge in [-0.25, -0.2) is 0 Å². The topological polar surface area (TPSA) is 31.0 Å². The van der Waals surface area contributed by atoms with Crippen LogP contribution in [0.25, 0.3) is 0 Å². The standard InChI is InChI=1S/C16H26O3Si/c1-4-16(5-2,20-19-6-3)13-7-9-14(10-8-13)17-11-15-12-18-15/h7-10,15H,4-6,11-12,20H2,1-3H3. The smallest absolute Gasteiger partial charge is 0.171 e. The molecule has 0 amide bonds. The van der Waals surface area contributed by atoms with Crippen LogP contribution in [0.1, 0.15) is 39.2 Å². The molecule has 0 saturated carbocycles. The summed E-state index contributed by atoms with van der Waals surface area (Å²) in [5.74, 6) is 0.934. The van der Waals surface area contributed by atoms with Gasteiger partial charge in [-0.15, -0.1) is 0 Å². The van der Waals surface area contributed by atoms with Gasteiger partial charge in [0.1, 0.15) is 18.5 Å². The van der Waals surface area contributed by atoms with Gasteiger partial charge in [-0.2, -0.15) is 0 Å². The predicted molar refractivity (Wildman–Crippen MR) is 84.1 cm³/mol. The van der Waals surface area contributed by atoms with Crippen LogP contribution < -0.4 is 4.74 Å². The maximum Gasteiger partial charge on any atom is 0.171 e. The van der Waals surface area contributed by atoms with Crippen LogP contribution in [0.4, 0.5) is 0 Å². The Bertz CT molecular complexity index is 397. The Morgan fingerprint density at radius 1 is 1.20 bits per heavy atom. The van der Waals surface area contributed by atoms with Gasteiger partial charge < -0.3 is 13.9 Å². The molecule has 1 unspecified atom stereocenters. The molecule has 0 spiro atoms. The number of hydrogen-bond donors (Lipinski definition) is 0. The predicted octanol–water partition coefficient (Wildman–Crippen LogP) is 2.60. The fourth-order valence-corrected chi connectivity index (χ4v) is 3.91. The molecule has 0 aliphatic carbocycles. The number of ether oxygens (including phenoxy) is 2. The van der Waals surface area contributed by atoms with Crippen molar-refractivity contribution in [3.8, 4) is 5.75 Å². The fourth-order valence-electron chi connectivity index (χ4n) is 2.50. The second-order valence-corrected chi connectivity index (χ2v) is 7.47. The van der Waals surface area contributed by atoms with Crippen molar-refractivity contribution in [2.24, 2.45) is 0 Å². The van der Waals surface area contributed by atoms with E-state index in [1.165, 1.54) is 5.56 Å². The molecule has 0 aromatic heterocycles. The highest BCUT2D eigenvalue weighted by molar-refractivity contribution is 6.32. The zero-order valence-corrected chi connectivity index (χ0v) is 14.3. The zero-order chi connectivity index (χ0) is 14.4. The van der Waals surface area contributed by atoms with Crippen LogP contribution in [-0.2, 0) is 14.2 Å². The summed E-state index contributed by atoms with van der Waals surface area (Å²) in [5.41, 5.74) is 1.40. The SMILES string of the molecule is CCO[SiH2]C(CC)(CC)c1ccc(OCC2CO2)cc1. The molecule has 0 N–H and O–H groups in total. The van der Waals surface area contributed by atoms with E-state index in [1.807, 2.05) is 0 Å². The highest BCUT2D eigenvalue weighted by atomic mass is 28.2. The molecule has 2 rings (SSSR count). The Kier molecular flexibility index (Phi) is 5.63. The molecular weight excluding hydrogens is 268 g/mol. The van der Waals surface area contributed by atoms with Gasteiger partial charge in [0.25, 0.3) is 0 Å². The third kappa shape index (κ3) is 3.84. The van der Waals surface area contributed by atoms with Gasteiger partial charge in [-0.1, -0.05) is 26.0 Å². The second kappa shape index (κ2) is 7.25. The largest absolute Gasteiger partial charge is 0.491 e. The minimum atomic E-state index is -0.567. The van der Waals surface area contributed by atoms with Crippen molar-refractivity contribution >= 4 is 9.76 Å². The van der Waals surface area contributed by atoms with E-state index in [-0.39, 0.29) is 5.04 Å². The molecule has 20 heavy (non-hydrogen) atoms. The first-order valence-electron chi connectivity index (χ1n) is 7.66. The Morgan fingerprint density at radius 2 is 1.85 bits per heavy atom. The summed E-state index contributed by atoms with van der Waals surface area (Å²) in [6, 6.07) is 8.58. The summed E-state index contributed by atoms with van der Waals surface area (Å²) < 4.78 is 16.7. The molecule has 1 aliphatic heterocycles. The maximum atomic E-state index is 5.84. The number of epoxide rings is 1. The normalized spacial score (nSPS) is 18.6. The highest BCUT2D eigenvalue weighted by Gasteiger charge is 2.29. The lowest BCUT2D eigenvalue weighted by atomic mass is 9.92. The van der Waals surface area contributed by atoms with Gasteiger partial charge in [-0.3, -0.25) is 0 Å². The first-order chi connectivity index (χ1) is 9.74. The monoisotopic (exact) mass is 294 g/mol. The first-order valence-corrected chi connectivity index (χ1v) is 8.95. The quantitative estimate of drug-likeness (QED) is 0.518. The van der Waals surface area contributed by atoms with Gasteiger partial charge in [0.15, 0.2) is 9.76 Å². The Labute approximate surface area is 124 Å². The molecule has 112 valence electrons. The third-order valence-corrected chi connectivity index (χ3v) is 6.81. The van der Waals surface area contributed by atoms with Crippen molar-refractivity contribution in [3.63, 3.8) is 0 Å². The summed E-state index contributed by atoms with van der Waals surface area (Å²) in [4.78, 5) is 0. The van der Waals surface area contributed by atoms with Crippen LogP contribution in [0.5, 0.6) is 5.75 Å². The lowest BCUT2D eigenvalue weighted by Crippen LogP contribution is -2.33. The lowest BCUT2D eigenvalue weighted by molar-refractivity contribution is 0.263. The Hall–Kier alpha value is -0.843. The summed E-state index contributed by atoms with van der Waals surface area (Å²) in [6.45, 7) is 8.96. The molecule has 1 saturated heterocycles. The zero-order valence-electron chi connectivity index (χ0n) is 12.9. The molecule has 1 heterocycles. The van der Waals surface area contributed by atoms with E-state index < -0.39 is 9.76 Å². The van der Waals surface area contributed by atoms with Crippen LogP contribution in [0.15, 0.2) is 24.3 Å². The van der Waals surface area contributed by atoms with Crippen LogP contribution in [0.2, 0.25) is 0 Å². The fraction of sp³-hybridized carbons (Fsp3) is 0.625. The summed E-state index contributed by atoms with van der Waals surface area (Å²) in [5, 5.41) is 0.258. The van der Waals surface area contributed by atoms with Gasteiger partial charge in [-0.05, 0) is 37.5 Å². The molecular formula is C16H26O3Si. The van der Waals surface area contributed by atoms with Gasteiger partial charge >= 0.3 is 0 Å². The molecule has 1 aromatic rings. The van der Waals surface area contributed by atoms with Gasteiger partial charge in [0.2, 0.25) is 0 Å². The van der Waals surface area contributed by atoms with Gasteiger partial charge in [0, 0.05) is 11.6 Å². The van der Waals surface area contributed by atoms with Crippen molar-refractivity contribution in [2.75, 3.05) is 19.8 Å². The van der Waals surface area contributed by atoms with E-state index in [0.29, 0.717) is 12.7 Å². The second-order valence-electron chi connectivity index (χ2n) is 5.42. The van der Waals surface area contributed by atoms with Crippen molar-refractivity contribution < 1.29 is 13.9 Å². The van der Waals surface area contributed by atoms with Crippen LogP contribution in [0, 0.1) is 0 Å². The molecule has 3 nitrogen and oxygen atoms in total. The minimum absolute atomic E-state index is 0.258. The summed E-state index contributed by atoms with van der Waals surface area (Å²) in [7, 11) is -0.567. The van der Waals surface area contributed by atoms with E-state index in [9.17, 15) is 0 Å². The molecule has 4 heteroatoms. The molecule has 1 aromatic carbocycles. The van der Waals surface area contributed by atoms with Crippen molar-refractivity contribution in [2.45, 2.75) is 44.8 Å². The van der Waals surface area contributed by atoms with Crippen LogP contribution >= 0.6 is 0 Å². The van der Waals surface area contributed by atoms with Gasteiger partial charge in [0.05, 0.1) is 6.61 Å². The van der Waals surface area contributed by atoms with E-state index in [0.717, 1.165) is 31.8 Å². The minimum Gasteiger partial charge on any atom is -0.491 e. The van der Waals surface area contributed by atoms with Crippen molar-refractivity contribution in [1.82, 2.24) is 0 Å². The van der Waals surface area contributed by atoms with Crippen molar-refractivity contribution in [3.05, 3.63) is 29.8 Å². The van der Waals surface area contributed by atoms with Crippen molar-refractivity contribution in [1.29, 1.82) is 0 Å². The van der Waals surface area contributed by atoms with E-state index in [1.54, 1.807) is 0 Å². The number of rotatable bonds is 9.